The summed E-state index contributed by atoms with van der Waals surface area (Å²) in [5.41, 5.74) is 0. The van der Waals surface area contributed by atoms with Gasteiger partial charge >= 0.3 is 5.97 Å². The van der Waals surface area contributed by atoms with Crippen LogP contribution in [0.25, 0.3) is 0 Å². The van der Waals surface area contributed by atoms with Gasteiger partial charge in [0.2, 0.25) is 0 Å². The normalized spacial score (nSPS) is 9.38. The van der Waals surface area contributed by atoms with Crippen molar-refractivity contribution in [1.82, 2.24) is 5.32 Å². The number of carbonyl (C=O) groups excluding carboxylic acids is 2. The molecule has 76 valence electrons. The average molecular weight is 226 g/mol. The fraction of sp³-hybridized carbons (Fsp3) is 0.714. The maximum Gasteiger partial charge on any atom is 0.316 e. The highest BCUT2D eigenvalue weighted by Gasteiger charge is 2.06. The molecule has 0 aromatic heterocycles. The lowest BCUT2D eigenvalue weighted by Crippen LogP contribution is -2.22. The standard InChI is InChI=1S/C7H12ClNO3S/c1-2-12-6(10)5-13-7(11)9-4-3-8/h2-5H2,1H3,(H,9,11). The second-order valence-corrected chi connectivity index (χ2v) is 3.32. The summed E-state index contributed by atoms with van der Waals surface area (Å²) in [6.45, 7) is 2.47. The fourth-order valence-corrected chi connectivity index (χ4v) is 1.16. The number of alkyl halides is 1. The van der Waals surface area contributed by atoms with E-state index in [0.29, 0.717) is 19.0 Å². The number of esters is 1. The molecule has 0 bridgehead atoms. The molecule has 0 aliphatic carbocycles. The SMILES string of the molecule is CCOC(=O)CSC(=O)NCCCl. The lowest BCUT2D eigenvalue weighted by Gasteiger charge is -2.02. The Labute approximate surface area is 86.3 Å². The summed E-state index contributed by atoms with van der Waals surface area (Å²) in [5, 5.41) is 2.26. The van der Waals surface area contributed by atoms with Gasteiger partial charge in [0.15, 0.2) is 0 Å². The van der Waals surface area contributed by atoms with E-state index in [1.165, 1.54) is 0 Å². The molecule has 0 fully saturated rings. The lowest BCUT2D eigenvalue weighted by atomic mass is 10.8. The first kappa shape index (κ1) is 12.6. The number of carbonyl (C=O) groups is 2. The number of hydrogen-bond donors (Lipinski definition) is 1. The largest absolute Gasteiger partial charge is 0.465 e. The van der Waals surface area contributed by atoms with Gasteiger partial charge in [0.25, 0.3) is 5.24 Å². The number of nitrogens with one attached hydrogen (secondary N) is 1. The van der Waals surface area contributed by atoms with Crippen LogP contribution in [0.4, 0.5) is 4.79 Å². The van der Waals surface area contributed by atoms with Gasteiger partial charge in [-0.05, 0) is 6.92 Å². The first-order chi connectivity index (χ1) is 6.20. The monoisotopic (exact) mass is 225 g/mol. The molecular weight excluding hydrogens is 214 g/mol. The van der Waals surface area contributed by atoms with E-state index in [-0.39, 0.29) is 17.0 Å². The van der Waals surface area contributed by atoms with Crippen molar-refractivity contribution in [1.29, 1.82) is 0 Å². The third kappa shape index (κ3) is 7.93. The van der Waals surface area contributed by atoms with Crippen LogP contribution in [0.3, 0.4) is 0 Å². The van der Waals surface area contributed by atoms with E-state index in [9.17, 15) is 9.59 Å². The maximum atomic E-state index is 10.9. The summed E-state index contributed by atoms with van der Waals surface area (Å²) in [7, 11) is 0. The van der Waals surface area contributed by atoms with Crippen LogP contribution in [0.5, 0.6) is 0 Å². The van der Waals surface area contributed by atoms with Gasteiger partial charge in [-0.15, -0.1) is 11.6 Å². The minimum absolute atomic E-state index is 0.0436. The van der Waals surface area contributed by atoms with Crippen LogP contribution >= 0.6 is 23.4 Å². The van der Waals surface area contributed by atoms with Gasteiger partial charge in [0, 0.05) is 12.4 Å². The summed E-state index contributed by atoms with van der Waals surface area (Å²) >= 11 is 6.22. The van der Waals surface area contributed by atoms with E-state index >= 15 is 0 Å². The number of rotatable bonds is 5. The Balaban J connectivity index is 3.40. The summed E-state index contributed by atoms with van der Waals surface area (Å²) in [6.07, 6.45) is 0. The summed E-state index contributed by atoms with van der Waals surface area (Å²) < 4.78 is 4.63. The van der Waals surface area contributed by atoms with Crippen LogP contribution in [0.2, 0.25) is 0 Å². The van der Waals surface area contributed by atoms with Gasteiger partial charge in [-0.25, -0.2) is 0 Å². The van der Waals surface area contributed by atoms with Crippen LogP contribution in [0, 0.1) is 0 Å². The highest BCUT2D eigenvalue weighted by molar-refractivity contribution is 8.14. The Kier molecular flexibility index (Phi) is 7.93. The third-order valence-corrected chi connectivity index (χ3v) is 1.97. The number of ether oxygens (including phenoxy) is 1. The van der Waals surface area contributed by atoms with Crippen LogP contribution in [0.1, 0.15) is 6.92 Å². The highest BCUT2D eigenvalue weighted by atomic mass is 35.5. The van der Waals surface area contributed by atoms with Crippen molar-refractivity contribution in [2.24, 2.45) is 0 Å². The molecule has 0 aliphatic rings. The first-order valence-corrected chi connectivity index (χ1v) is 5.35. The predicted molar refractivity (Wildman–Crippen MR) is 53.2 cm³/mol. The molecule has 0 unspecified atom stereocenters. The average Bonchev–Trinajstić information content (AvgIpc) is 2.12. The second-order valence-electron chi connectivity index (χ2n) is 2.00. The predicted octanol–water partition coefficient (Wildman–Crippen LogP) is 1.23. The zero-order chi connectivity index (χ0) is 10.1. The zero-order valence-electron chi connectivity index (χ0n) is 7.34. The highest BCUT2D eigenvalue weighted by Crippen LogP contribution is 2.01. The van der Waals surface area contributed by atoms with Gasteiger partial charge < -0.3 is 10.1 Å². The number of thioether (sulfide) groups is 1. The molecule has 0 saturated carbocycles. The van der Waals surface area contributed by atoms with Crippen molar-refractivity contribution in [3.05, 3.63) is 0 Å². The number of amides is 1. The van der Waals surface area contributed by atoms with Crippen molar-refractivity contribution in [3.63, 3.8) is 0 Å². The Morgan fingerprint density at radius 3 is 2.77 bits per heavy atom. The van der Waals surface area contributed by atoms with Crippen molar-refractivity contribution >= 4 is 34.6 Å². The van der Waals surface area contributed by atoms with E-state index in [0.717, 1.165) is 11.8 Å². The Morgan fingerprint density at radius 1 is 1.54 bits per heavy atom. The summed E-state index contributed by atoms with van der Waals surface area (Å²) in [6, 6.07) is 0. The van der Waals surface area contributed by atoms with E-state index < -0.39 is 0 Å². The Bertz CT molecular complexity index is 177. The van der Waals surface area contributed by atoms with Gasteiger partial charge in [-0.3, -0.25) is 9.59 Å². The van der Waals surface area contributed by atoms with E-state index in [2.05, 4.69) is 10.1 Å². The molecule has 0 aliphatic heterocycles. The zero-order valence-corrected chi connectivity index (χ0v) is 8.91. The minimum Gasteiger partial charge on any atom is -0.465 e. The Hall–Kier alpha value is -0.420. The van der Waals surface area contributed by atoms with E-state index in [1.807, 2.05) is 0 Å². The fourth-order valence-electron chi connectivity index (χ4n) is 0.527. The molecule has 13 heavy (non-hydrogen) atoms. The van der Waals surface area contributed by atoms with Crippen molar-refractivity contribution in [3.8, 4) is 0 Å². The molecular formula is C7H12ClNO3S. The molecule has 0 aromatic rings. The third-order valence-electron chi connectivity index (χ3n) is 0.990. The molecule has 0 aromatic carbocycles. The van der Waals surface area contributed by atoms with Crippen LogP contribution in [-0.2, 0) is 9.53 Å². The molecule has 0 atom stereocenters. The van der Waals surface area contributed by atoms with Crippen LogP contribution in [-0.4, -0.2) is 36.0 Å². The second kappa shape index (κ2) is 8.19. The van der Waals surface area contributed by atoms with Gasteiger partial charge in [-0.1, -0.05) is 11.8 Å². The molecule has 1 N–H and O–H groups in total. The lowest BCUT2D eigenvalue weighted by molar-refractivity contribution is -0.139. The molecule has 0 saturated heterocycles. The van der Waals surface area contributed by atoms with Crippen LogP contribution in [0.15, 0.2) is 0 Å². The molecule has 6 heteroatoms. The topological polar surface area (TPSA) is 55.4 Å². The molecule has 0 heterocycles. The van der Waals surface area contributed by atoms with Gasteiger partial charge in [0.1, 0.15) is 5.75 Å². The van der Waals surface area contributed by atoms with Crippen molar-refractivity contribution in [2.45, 2.75) is 6.92 Å². The van der Waals surface area contributed by atoms with E-state index in [4.69, 9.17) is 11.6 Å². The van der Waals surface area contributed by atoms with Crippen LogP contribution < -0.4 is 5.32 Å². The molecule has 0 rings (SSSR count). The van der Waals surface area contributed by atoms with E-state index in [1.54, 1.807) is 6.92 Å². The Morgan fingerprint density at radius 2 is 2.23 bits per heavy atom. The van der Waals surface area contributed by atoms with Gasteiger partial charge in [0.05, 0.1) is 6.61 Å². The first-order valence-electron chi connectivity index (χ1n) is 3.83. The summed E-state index contributed by atoms with van der Waals surface area (Å²) in [5.74, 6) is 0.0294. The maximum absolute atomic E-state index is 10.9. The molecule has 0 radical (unpaired) electrons. The van der Waals surface area contributed by atoms with Gasteiger partial charge in [-0.2, -0.15) is 0 Å². The summed E-state index contributed by atoms with van der Waals surface area (Å²) in [4.78, 5) is 21.7. The smallest absolute Gasteiger partial charge is 0.316 e. The molecule has 1 amide bonds. The number of halogens is 1. The molecule has 0 spiro atoms. The number of hydrogen-bond acceptors (Lipinski definition) is 4. The quantitative estimate of drug-likeness (QED) is 0.565. The molecule has 4 nitrogen and oxygen atoms in total. The minimum atomic E-state index is -0.381. The van der Waals surface area contributed by atoms with Crippen molar-refractivity contribution < 1.29 is 14.3 Å². The van der Waals surface area contributed by atoms with Crippen molar-refractivity contribution in [2.75, 3.05) is 24.8 Å².